The Balaban J connectivity index is 1.60. The van der Waals surface area contributed by atoms with Crippen molar-refractivity contribution in [3.05, 3.63) is 83.9 Å². The fourth-order valence-corrected chi connectivity index (χ4v) is 4.33. The number of hydrogen-bond donors (Lipinski definition) is 2. The number of ether oxygens (including phenoxy) is 1. The minimum atomic E-state index is -0.343. The number of anilines is 2. The first-order chi connectivity index (χ1) is 17.6. The predicted octanol–water partition coefficient (Wildman–Crippen LogP) is 6.15. The van der Waals surface area contributed by atoms with Crippen molar-refractivity contribution in [3.8, 4) is 11.4 Å². The van der Waals surface area contributed by atoms with Crippen molar-refractivity contribution in [2.24, 2.45) is 0 Å². The van der Waals surface area contributed by atoms with E-state index in [0.717, 1.165) is 36.2 Å². The number of rotatable bonds is 8. The van der Waals surface area contributed by atoms with E-state index in [2.05, 4.69) is 24.4 Å². The number of nitrogens with zero attached hydrogens (tertiary/aromatic N) is 3. The Kier molecular flexibility index (Phi) is 6.54. The molecule has 0 atom stereocenters. The Labute approximate surface area is 209 Å². The highest BCUT2D eigenvalue weighted by molar-refractivity contribution is 6.16. The van der Waals surface area contributed by atoms with E-state index < -0.39 is 0 Å². The molecule has 2 heterocycles. The lowest BCUT2D eigenvalue weighted by molar-refractivity contribution is 0.102. The summed E-state index contributed by atoms with van der Waals surface area (Å²) in [6.07, 6.45) is 3.31. The van der Waals surface area contributed by atoms with E-state index in [1.54, 1.807) is 12.1 Å². The van der Waals surface area contributed by atoms with Crippen molar-refractivity contribution in [2.45, 2.75) is 33.1 Å². The summed E-state index contributed by atoms with van der Waals surface area (Å²) in [6.45, 7) is 4.69. The second-order valence-corrected chi connectivity index (χ2v) is 8.66. The third kappa shape index (κ3) is 4.47. The number of hydrogen-bond acceptors (Lipinski definition) is 5. The van der Waals surface area contributed by atoms with E-state index in [1.165, 1.54) is 5.56 Å². The number of aromatic nitrogens is 3. The van der Waals surface area contributed by atoms with Crippen molar-refractivity contribution in [3.63, 3.8) is 0 Å². The molecule has 0 fully saturated rings. The maximum atomic E-state index is 13.5. The van der Waals surface area contributed by atoms with Crippen molar-refractivity contribution in [2.75, 3.05) is 17.7 Å². The fourth-order valence-electron chi connectivity index (χ4n) is 4.33. The smallest absolute Gasteiger partial charge is 0.261 e. The van der Waals surface area contributed by atoms with Gasteiger partial charge in [-0.15, -0.1) is 0 Å². The Hall–Kier alpha value is -4.39. The lowest BCUT2D eigenvalue weighted by Gasteiger charge is -2.10. The van der Waals surface area contributed by atoms with E-state index in [0.29, 0.717) is 40.4 Å². The second kappa shape index (κ2) is 10.1. The van der Waals surface area contributed by atoms with Gasteiger partial charge in [0, 0.05) is 11.4 Å². The molecule has 3 aromatic carbocycles. The van der Waals surface area contributed by atoms with E-state index in [1.807, 2.05) is 60.0 Å². The summed E-state index contributed by atoms with van der Waals surface area (Å²) in [5.74, 6) is 0.695. The first-order valence-corrected chi connectivity index (χ1v) is 12.3. The lowest BCUT2D eigenvalue weighted by atomic mass is 10.1. The first kappa shape index (κ1) is 23.4. The molecule has 36 heavy (non-hydrogen) atoms. The summed E-state index contributed by atoms with van der Waals surface area (Å²) in [5.41, 5.74) is 12.1. The number of amides is 1. The van der Waals surface area contributed by atoms with Crippen LogP contribution in [0.5, 0.6) is 5.75 Å². The largest absolute Gasteiger partial charge is 0.494 e. The van der Waals surface area contributed by atoms with Crippen LogP contribution in [0, 0.1) is 0 Å². The highest BCUT2D eigenvalue weighted by atomic mass is 16.5. The topological polar surface area (TPSA) is 95.1 Å². The van der Waals surface area contributed by atoms with Crippen LogP contribution in [0.25, 0.3) is 27.9 Å². The summed E-state index contributed by atoms with van der Waals surface area (Å²) >= 11 is 0. The summed E-state index contributed by atoms with van der Waals surface area (Å²) in [4.78, 5) is 23.2. The van der Waals surface area contributed by atoms with Crippen molar-refractivity contribution in [1.82, 2.24) is 14.5 Å². The first-order valence-electron chi connectivity index (χ1n) is 12.3. The van der Waals surface area contributed by atoms with Gasteiger partial charge in [0.15, 0.2) is 5.65 Å². The van der Waals surface area contributed by atoms with Gasteiger partial charge in [0.1, 0.15) is 22.6 Å². The third-order valence-corrected chi connectivity index (χ3v) is 6.16. The summed E-state index contributed by atoms with van der Waals surface area (Å²) in [6, 6.07) is 23.1. The summed E-state index contributed by atoms with van der Waals surface area (Å²) in [5, 5.41) is 2.95. The Morgan fingerprint density at radius 2 is 1.64 bits per heavy atom. The molecule has 0 spiro atoms. The zero-order valence-corrected chi connectivity index (χ0v) is 20.5. The average Bonchev–Trinajstić information content (AvgIpc) is 3.18. The van der Waals surface area contributed by atoms with E-state index in [4.69, 9.17) is 20.4 Å². The van der Waals surface area contributed by atoms with Gasteiger partial charge in [0.25, 0.3) is 5.91 Å². The van der Waals surface area contributed by atoms with Crippen LogP contribution in [0.4, 0.5) is 11.5 Å². The van der Waals surface area contributed by atoms with Crippen LogP contribution in [-0.4, -0.2) is 27.0 Å². The average molecular weight is 480 g/mol. The number of nitrogens with two attached hydrogens (primary N) is 1. The second-order valence-electron chi connectivity index (χ2n) is 8.66. The van der Waals surface area contributed by atoms with Crippen LogP contribution in [0.3, 0.4) is 0 Å². The zero-order chi connectivity index (χ0) is 25.1. The molecule has 0 radical (unpaired) electrons. The Morgan fingerprint density at radius 3 is 2.31 bits per heavy atom. The standard InChI is InChI=1S/C29H29N5O2/c1-3-5-8-19-11-15-21(16-12-19)34-27(30)25(26-28(34)33-24-10-7-6-9-23(24)32-26)29(35)31-20-13-17-22(18-14-20)36-4-2/h6-7,9-18H,3-5,8,30H2,1-2H3,(H,31,35). The third-order valence-electron chi connectivity index (χ3n) is 6.16. The monoisotopic (exact) mass is 479 g/mol. The van der Waals surface area contributed by atoms with Crippen LogP contribution in [0.1, 0.15) is 42.6 Å². The molecule has 182 valence electrons. The molecule has 7 heteroatoms. The molecule has 2 aromatic heterocycles. The Bertz CT molecular complexity index is 1520. The van der Waals surface area contributed by atoms with Gasteiger partial charge in [0.2, 0.25) is 0 Å². The molecule has 0 aliphatic rings. The molecule has 0 saturated heterocycles. The molecule has 0 saturated carbocycles. The van der Waals surface area contributed by atoms with E-state index >= 15 is 0 Å². The summed E-state index contributed by atoms with van der Waals surface area (Å²) < 4.78 is 7.31. The van der Waals surface area contributed by atoms with Gasteiger partial charge < -0.3 is 15.8 Å². The number of nitrogens with one attached hydrogen (secondary N) is 1. The molecule has 7 nitrogen and oxygen atoms in total. The van der Waals surface area contributed by atoms with Crippen LogP contribution >= 0.6 is 0 Å². The number of carbonyl (C=O) groups is 1. The fraction of sp³-hybridized carbons (Fsp3) is 0.207. The minimum Gasteiger partial charge on any atom is -0.494 e. The molecule has 5 rings (SSSR count). The van der Waals surface area contributed by atoms with Gasteiger partial charge in [0.05, 0.1) is 17.6 Å². The van der Waals surface area contributed by atoms with Crippen LogP contribution in [-0.2, 0) is 6.42 Å². The molecule has 3 N–H and O–H groups in total. The number of aryl methyl sites for hydroxylation is 1. The van der Waals surface area contributed by atoms with Crippen LogP contribution < -0.4 is 15.8 Å². The van der Waals surface area contributed by atoms with Gasteiger partial charge in [-0.25, -0.2) is 9.97 Å². The number of benzene rings is 3. The number of carbonyl (C=O) groups excluding carboxylic acids is 1. The van der Waals surface area contributed by atoms with Gasteiger partial charge in [-0.2, -0.15) is 0 Å². The van der Waals surface area contributed by atoms with Gasteiger partial charge in [-0.05, 0) is 73.9 Å². The predicted molar refractivity (Wildman–Crippen MR) is 145 cm³/mol. The molecule has 1 amide bonds. The summed E-state index contributed by atoms with van der Waals surface area (Å²) in [7, 11) is 0. The highest BCUT2D eigenvalue weighted by Gasteiger charge is 2.25. The maximum absolute atomic E-state index is 13.5. The maximum Gasteiger partial charge on any atom is 0.261 e. The molecule has 0 bridgehead atoms. The van der Waals surface area contributed by atoms with Gasteiger partial charge >= 0.3 is 0 Å². The Morgan fingerprint density at radius 1 is 0.944 bits per heavy atom. The van der Waals surface area contributed by atoms with Crippen molar-refractivity contribution >= 4 is 39.6 Å². The minimum absolute atomic E-state index is 0.296. The van der Waals surface area contributed by atoms with Crippen LogP contribution in [0.15, 0.2) is 72.8 Å². The number of nitrogen functional groups attached to an aromatic ring is 1. The molecule has 0 aliphatic carbocycles. The SMILES string of the molecule is CCCCc1ccc(-n2c(N)c(C(=O)Nc3ccc(OCC)cc3)c3nc4ccccc4nc32)cc1. The van der Waals surface area contributed by atoms with Gasteiger partial charge in [-0.1, -0.05) is 37.6 Å². The van der Waals surface area contributed by atoms with E-state index in [-0.39, 0.29) is 5.91 Å². The molecule has 5 aromatic rings. The molecular weight excluding hydrogens is 450 g/mol. The molecule has 0 aliphatic heterocycles. The molecule has 0 unspecified atom stereocenters. The van der Waals surface area contributed by atoms with Crippen molar-refractivity contribution < 1.29 is 9.53 Å². The molecular formula is C29H29N5O2. The number of unbranched alkanes of at least 4 members (excludes halogenated alkanes) is 1. The van der Waals surface area contributed by atoms with Crippen molar-refractivity contribution in [1.29, 1.82) is 0 Å². The van der Waals surface area contributed by atoms with Gasteiger partial charge in [-0.3, -0.25) is 9.36 Å². The lowest BCUT2D eigenvalue weighted by Crippen LogP contribution is -2.14. The number of fused-ring (bicyclic) bond motifs is 2. The number of para-hydroxylation sites is 2. The van der Waals surface area contributed by atoms with E-state index in [9.17, 15) is 4.79 Å². The quantitative estimate of drug-likeness (QED) is 0.278. The van der Waals surface area contributed by atoms with Crippen LogP contribution in [0.2, 0.25) is 0 Å². The normalized spacial score (nSPS) is 11.2. The zero-order valence-electron chi connectivity index (χ0n) is 20.5. The highest BCUT2D eigenvalue weighted by Crippen LogP contribution is 2.32.